The second-order valence-electron chi connectivity index (χ2n) is 9.87. The molecule has 1 fully saturated rings. The summed E-state index contributed by atoms with van der Waals surface area (Å²) in [5.41, 5.74) is 1.42. The number of carbonyl (C=O) groups is 2. The van der Waals surface area contributed by atoms with Gasteiger partial charge in [-0.15, -0.1) is 0 Å². The highest BCUT2D eigenvalue weighted by Gasteiger charge is 2.36. The molecule has 1 amide bonds. The second-order valence-corrected chi connectivity index (χ2v) is 9.87. The molecular formula is C28H37NO6. The van der Waals surface area contributed by atoms with Crippen LogP contribution in [0, 0.1) is 0 Å². The topological polar surface area (TPSA) is 83.1 Å². The van der Waals surface area contributed by atoms with E-state index in [2.05, 4.69) is 5.32 Å². The number of benzene rings is 2. The average Bonchev–Trinajstić information content (AvgIpc) is 2.85. The Morgan fingerprint density at radius 2 is 1.51 bits per heavy atom. The van der Waals surface area contributed by atoms with Gasteiger partial charge >= 0.3 is 12.1 Å². The van der Waals surface area contributed by atoms with E-state index >= 15 is 0 Å². The number of carbonyl (C=O) groups excluding carboxylic acids is 2. The number of esters is 1. The highest BCUT2D eigenvalue weighted by atomic mass is 16.6. The summed E-state index contributed by atoms with van der Waals surface area (Å²) in [6.45, 7) is 7.94. The van der Waals surface area contributed by atoms with E-state index in [1.54, 1.807) is 20.8 Å². The molecule has 4 atom stereocenters. The molecule has 2 aromatic carbocycles. The van der Waals surface area contributed by atoms with Crippen molar-refractivity contribution in [2.75, 3.05) is 0 Å². The molecule has 0 radical (unpaired) electrons. The first-order chi connectivity index (χ1) is 16.7. The summed E-state index contributed by atoms with van der Waals surface area (Å²) in [5, 5.41) is 2.67. The van der Waals surface area contributed by atoms with Gasteiger partial charge in [0, 0.05) is 0 Å². The Balaban J connectivity index is 1.72. The van der Waals surface area contributed by atoms with Gasteiger partial charge in [-0.1, -0.05) is 60.7 Å². The molecule has 1 saturated heterocycles. The molecule has 0 aromatic heterocycles. The lowest BCUT2D eigenvalue weighted by Gasteiger charge is -2.31. The quantitative estimate of drug-likeness (QED) is 0.548. The Labute approximate surface area is 208 Å². The summed E-state index contributed by atoms with van der Waals surface area (Å²) in [7, 11) is 0. The number of amides is 1. The van der Waals surface area contributed by atoms with Crippen molar-refractivity contribution in [2.24, 2.45) is 0 Å². The molecule has 3 rings (SSSR count). The lowest BCUT2D eigenvalue weighted by molar-refractivity contribution is -0.170. The number of rotatable bonds is 7. The minimum Gasteiger partial charge on any atom is -0.458 e. The summed E-state index contributed by atoms with van der Waals surface area (Å²) in [6.07, 6.45) is -0.257. The highest BCUT2D eigenvalue weighted by Crippen LogP contribution is 2.24. The van der Waals surface area contributed by atoms with Gasteiger partial charge in [0.05, 0.1) is 19.3 Å². The molecule has 0 saturated carbocycles. The van der Waals surface area contributed by atoms with Gasteiger partial charge in [0.15, 0.2) is 0 Å². The zero-order valence-corrected chi connectivity index (χ0v) is 21.1. The fourth-order valence-electron chi connectivity index (χ4n) is 3.99. The number of cyclic esters (lactones) is 1. The van der Waals surface area contributed by atoms with Gasteiger partial charge in [-0.2, -0.15) is 0 Å². The van der Waals surface area contributed by atoms with E-state index < -0.39 is 35.9 Å². The van der Waals surface area contributed by atoms with Crippen LogP contribution in [0.4, 0.5) is 4.79 Å². The first-order valence-corrected chi connectivity index (χ1v) is 12.2. The highest BCUT2D eigenvalue weighted by molar-refractivity contribution is 5.81. The Morgan fingerprint density at radius 1 is 0.943 bits per heavy atom. The van der Waals surface area contributed by atoms with E-state index in [-0.39, 0.29) is 6.10 Å². The van der Waals surface area contributed by atoms with Crippen LogP contribution in [-0.4, -0.2) is 42.0 Å². The number of hydrogen-bond acceptors (Lipinski definition) is 6. The first-order valence-electron chi connectivity index (χ1n) is 12.2. The Kier molecular flexibility index (Phi) is 9.69. The number of alkyl carbamates (subject to hydrolysis) is 1. The summed E-state index contributed by atoms with van der Waals surface area (Å²) >= 11 is 0. The van der Waals surface area contributed by atoms with E-state index in [9.17, 15) is 9.59 Å². The van der Waals surface area contributed by atoms with Gasteiger partial charge in [0.2, 0.25) is 0 Å². The largest absolute Gasteiger partial charge is 0.458 e. The van der Waals surface area contributed by atoms with Crippen LogP contribution in [0.1, 0.15) is 58.1 Å². The van der Waals surface area contributed by atoms with E-state index in [1.165, 1.54) is 0 Å². The molecule has 1 heterocycles. The molecule has 0 bridgehead atoms. The van der Waals surface area contributed by atoms with Crippen molar-refractivity contribution in [3.8, 4) is 0 Å². The molecule has 4 unspecified atom stereocenters. The summed E-state index contributed by atoms with van der Waals surface area (Å²) in [4.78, 5) is 25.2. The summed E-state index contributed by atoms with van der Waals surface area (Å²) < 4.78 is 23.7. The van der Waals surface area contributed by atoms with Crippen LogP contribution in [0.5, 0.6) is 0 Å². The Hall–Kier alpha value is -2.90. The van der Waals surface area contributed by atoms with Crippen molar-refractivity contribution in [1.82, 2.24) is 5.32 Å². The second kappa shape index (κ2) is 12.7. The van der Waals surface area contributed by atoms with Gasteiger partial charge in [-0.05, 0) is 58.1 Å². The van der Waals surface area contributed by atoms with Crippen molar-refractivity contribution in [3.63, 3.8) is 0 Å². The van der Waals surface area contributed by atoms with E-state index in [4.69, 9.17) is 18.9 Å². The molecule has 7 heteroatoms. The maximum absolute atomic E-state index is 12.9. The zero-order valence-electron chi connectivity index (χ0n) is 21.1. The van der Waals surface area contributed by atoms with Crippen LogP contribution in [-0.2, 0) is 37.0 Å². The maximum Gasteiger partial charge on any atom is 0.408 e. The molecule has 2 aromatic rings. The fraction of sp³-hybridized carbons (Fsp3) is 0.500. The van der Waals surface area contributed by atoms with Crippen molar-refractivity contribution in [3.05, 3.63) is 71.8 Å². The van der Waals surface area contributed by atoms with Gasteiger partial charge in [-0.3, -0.25) is 0 Å². The summed E-state index contributed by atoms with van der Waals surface area (Å²) in [6, 6.07) is 19.0. The maximum atomic E-state index is 12.9. The molecule has 1 aliphatic rings. The predicted molar refractivity (Wildman–Crippen MR) is 133 cm³/mol. The third-order valence-electron chi connectivity index (χ3n) is 5.68. The van der Waals surface area contributed by atoms with Gasteiger partial charge in [-0.25, -0.2) is 9.59 Å². The first kappa shape index (κ1) is 26.7. The summed E-state index contributed by atoms with van der Waals surface area (Å²) in [5.74, 6) is -0.500. The molecular weight excluding hydrogens is 446 g/mol. The van der Waals surface area contributed by atoms with Crippen molar-refractivity contribution in [1.29, 1.82) is 0 Å². The number of nitrogens with one attached hydrogen (secondary N) is 1. The monoisotopic (exact) mass is 483 g/mol. The SMILES string of the molecule is CC1OC(=O)C(NC(=O)OC(C)(C)C)CCCC(OCc2ccccc2)C1OCc1ccccc1. The smallest absolute Gasteiger partial charge is 0.408 e. The van der Waals surface area contributed by atoms with E-state index in [0.717, 1.165) is 11.1 Å². The lowest BCUT2D eigenvalue weighted by atomic mass is 10.0. The number of hydrogen-bond donors (Lipinski definition) is 1. The average molecular weight is 484 g/mol. The molecule has 7 nitrogen and oxygen atoms in total. The van der Waals surface area contributed by atoms with Crippen LogP contribution in [0.25, 0.3) is 0 Å². The molecule has 1 N–H and O–H groups in total. The van der Waals surface area contributed by atoms with Gasteiger partial charge in [0.1, 0.15) is 23.9 Å². The van der Waals surface area contributed by atoms with Crippen molar-refractivity contribution in [2.45, 2.75) is 90.1 Å². The fourth-order valence-corrected chi connectivity index (χ4v) is 3.99. The lowest BCUT2D eigenvalue weighted by Crippen LogP contribution is -2.46. The molecule has 35 heavy (non-hydrogen) atoms. The van der Waals surface area contributed by atoms with E-state index in [0.29, 0.717) is 32.5 Å². The molecule has 190 valence electrons. The van der Waals surface area contributed by atoms with Crippen LogP contribution in [0.15, 0.2) is 60.7 Å². The van der Waals surface area contributed by atoms with Crippen molar-refractivity contribution < 1.29 is 28.5 Å². The zero-order chi connectivity index (χ0) is 25.3. The molecule has 0 aliphatic carbocycles. The van der Waals surface area contributed by atoms with Crippen molar-refractivity contribution >= 4 is 12.1 Å². The minimum absolute atomic E-state index is 0.290. The third-order valence-corrected chi connectivity index (χ3v) is 5.68. The minimum atomic E-state index is -0.796. The van der Waals surface area contributed by atoms with Crippen LogP contribution in [0.3, 0.4) is 0 Å². The van der Waals surface area contributed by atoms with Crippen LogP contribution < -0.4 is 5.32 Å². The van der Waals surface area contributed by atoms with E-state index in [1.807, 2.05) is 67.6 Å². The molecule has 0 spiro atoms. The normalized spacial score (nSPS) is 23.4. The van der Waals surface area contributed by atoms with Crippen LogP contribution >= 0.6 is 0 Å². The molecule has 1 aliphatic heterocycles. The standard InChI is InChI=1S/C28H37NO6/c1-20-25(33-19-22-14-9-6-10-15-22)24(32-18-21-12-7-5-8-13-21)17-11-16-23(26(30)34-20)29-27(31)35-28(2,3)4/h5-10,12-15,20,23-25H,11,16-19H2,1-4H3,(H,29,31). The Morgan fingerprint density at radius 3 is 2.09 bits per heavy atom. The predicted octanol–water partition coefficient (Wildman–Crippen LogP) is 5.17. The van der Waals surface area contributed by atoms with Crippen LogP contribution in [0.2, 0.25) is 0 Å². The Bertz CT molecular complexity index is 927. The van der Waals surface area contributed by atoms with Gasteiger partial charge in [0.25, 0.3) is 0 Å². The van der Waals surface area contributed by atoms with Gasteiger partial charge < -0.3 is 24.3 Å². The number of ether oxygens (including phenoxy) is 4. The third kappa shape index (κ3) is 9.00.